The average molecular weight is 528 g/mol. The van der Waals surface area contributed by atoms with Crippen LogP contribution in [0.4, 0.5) is 10.8 Å². The summed E-state index contributed by atoms with van der Waals surface area (Å²) in [5, 5.41) is 0.858. The number of carbonyl (C=O) groups excluding carboxylic acids is 1. The molecule has 1 amide bonds. The zero-order chi connectivity index (χ0) is 26.2. The summed E-state index contributed by atoms with van der Waals surface area (Å²) in [6.07, 6.45) is 1.15. The number of carbonyl (C=O) groups is 1. The van der Waals surface area contributed by atoms with E-state index in [0.29, 0.717) is 25.9 Å². The van der Waals surface area contributed by atoms with Gasteiger partial charge < -0.3 is 19.4 Å². The fourth-order valence-electron chi connectivity index (χ4n) is 4.67. The van der Waals surface area contributed by atoms with Gasteiger partial charge >= 0.3 is 0 Å². The van der Waals surface area contributed by atoms with E-state index in [1.807, 2.05) is 53.4 Å². The predicted molar refractivity (Wildman–Crippen MR) is 153 cm³/mol. The fourth-order valence-corrected chi connectivity index (χ4v) is 5.38. The summed E-state index contributed by atoms with van der Waals surface area (Å²) < 4.78 is 9.88. The Morgan fingerprint density at radius 2 is 1.55 bits per heavy atom. The van der Waals surface area contributed by atoms with Crippen molar-refractivity contribution in [3.63, 3.8) is 0 Å². The van der Waals surface area contributed by atoms with Gasteiger partial charge in [-0.15, -0.1) is 0 Å². The number of rotatable bonds is 10. The third-order valence-corrected chi connectivity index (χ3v) is 7.63. The smallest absolute Gasteiger partial charge is 0.224 e. The Kier molecular flexibility index (Phi) is 8.50. The zero-order valence-corrected chi connectivity index (χ0v) is 22.5. The van der Waals surface area contributed by atoms with E-state index in [0.717, 1.165) is 48.6 Å². The molecule has 2 heterocycles. The maximum atomic E-state index is 13.2. The standard InChI is InChI=1S/C30H33N5O2S/c1-37-27-14-12-26(13-15-27)33-18-20-34(21-19-33)29(36)16-17-35(23-25-10-6-3-7-11-25)30-31-28(32-38-30)22-24-8-4-2-5-9-24/h2-15H,16-23H2,1H3. The summed E-state index contributed by atoms with van der Waals surface area (Å²) in [7, 11) is 1.68. The molecule has 0 N–H and O–H groups in total. The topological polar surface area (TPSA) is 61.8 Å². The van der Waals surface area contributed by atoms with Crippen LogP contribution < -0.4 is 14.5 Å². The first-order chi connectivity index (χ1) is 18.7. The van der Waals surface area contributed by atoms with Crippen LogP contribution in [0.3, 0.4) is 0 Å². The van der Waals surface area contributed by atoms with Gasteiger partial charge in [0.05, 0.1) is 7.11 Å². The second kappa shape index (κ2) is 12.6. The minimum Gasteiger partial charge on any atom is -0.497 e. The van der Waals surface area contributed by atoms with Crippen LogP contribution in [0.25, 0.3) is 0 Å². The molecule has 0 radical (unpaired) electrons. The molecule has 1 aliphatic heterocycles. The fraction of sp³-hybridized carbons (Fsp3) is 0.300. The molecule has 196 valence electrons. The molecule has 3 aromatic carbocycles. The summed E-state index contributed by atoms with van der Waals surface area (Å²) in [6.45, 7) is 4.40. The van der Waals surface area contributed by atoms with Crippen molar-refractivity contribution in [2.75, 3.05) is 49.6 Å². The SMILES string of the molecule is COc1ccc(N2CCN(C(=O)CCN(Cc3ccccc3)c3nc(Cc4ccccc4)ns3)CC2)cc1. The van der Waals surface area contributed by atoms with E-state index < -0.39 is 0 Å². The van der Waals surface area contributed by atoms with Crippen LogP contribution in [-0.2, 0) is 17.8 Å². The number of hydrogen-bond acceptors (Lipinski definition) is 7. The number of ether oxygens (including phenoxy) is 1. The Morgan fingerprint density at radius 3 is 2.21 bits per heavy atom. The van der Waals surface area contributed by atoms with Crippen molar-refractivity contribution in [3.8, 4) is 5.75 Å². The highest BCUT2D eigenvalue weighted by Gasteiger charge is 2.23. The van der Waals surface area contributed by atoms with Crippen LogP contribution in [-0.4, -0.2) is 60.0 Å². The predicted octanol–water partition coefficient (Wildman–Crippen LogP) is 4.88. The molecular formula is C30H33N5O2S. The summed E-state index contributed by atoms with van der Waals surface area (Å²) in [4.78, 5) is 24.5. The molecule has 0 aliphatic carbocycles. The average Bonchev–Trinajstić information content (AvgIpc) is 3.44. The van der Waals surface area contributed by atoms with Gasteiger partial charge in [-0.1, -0.05) is 60.7 Å². The van der Waals surface area contributed by atoms with Crippen molar-refractivity contribution in [2.45, 2.75) is 19.4 Å². The number of amides is 1. The van der Waals surface area contributed by atoms with Crippen LogP contribution in [0.2, 0.25) is 0 Å². The zero-order valence-electron chi connectivity index (χ0n) is 21.7. The third kappa shape index (κ3) is 6.69. The molecule has 8 heteroatoms. The van der Waals surface area contributed by atoms with Crippen LogP contribution in [0.15, 0.2) is 84.9 Å². The van der Waals surface area contributed by atoms with Crippen molar-refractivity contribution < 1.29 is 9.53 Å². The van der Waals surface area contributed by atoms with Gasteiger partial charge in [-0.3, -0.25) is 4.79 Å². The van der Waals surface area contributed by atoms with E-state index >= 15 is 0 Å². The van der Waals surface area contributed by atoms with Gasteiger partial charge in [0.2, 0.25) is 11.0 Å². The van der Waals surface area contributed by atoms with E-state index in [2.05, 4.69) is 50.6 Å². The third-order valence-electron chi connectivity index (χ3n) is 6.81. The largest absolute Gasteiger partial charge is 0.497 e. The Hall–Kier alpha value is -3.91. The van der Waals surface area contributed by atoms with Gasteiger partial charge in [0.1, 0.15) is 11.6 Å². The molecule has 0 bridgehead atoms. The van der Waals surface area contributed by atoms with Gasteiger partial charge in [-0.05, 0) is 35.4 Å². The van der Waals surface area contributed by atoms with Crippen LogP contribution in [0.1, 0.15) is 23.4 Å². The summed E-state index contributed by atoms with van der Waals surface area (Å²) in [6, 6.07) is 28.7. The lowest BCUT2D eigenvalue weighted by molar-refractivity contribution is -0.131. The minimum absolute atomic E-state index is 0.187. The Bertz CT molecular complexity index is 1290. The molecule has 1 saturated heterocycles. The van der Waals surface area contributed by atoms with Gasteiger partial charge in [0, 0.05) is 69.3 Å². The highest BCUT2D eigenvalue weighted by molar-refractivity contribution is 7.09. The highest BCUT2D eigenvalue weighted by atomic mass is 32.1. The Morgan fingerprint density at radius 1 is 0.895 bits per heavy atom. The van der Waals surface area contributed by atoms with Crippen molar-refractivity contribution in [3.05, 3.63) is 102 Å². The van der Waals surface area contributed by atoms with E-state index in [9.17, 15) is 4.79 Å². The molecule has 38 heavy (non-hydrogen) atoms. The van der Waals surface area contributed by atoms with E-state index in [1.165, 1.54) is 22.7 Å². The van der Waals surface area contributed by atoms with Crippen LogP contribution in [0, 0.1) is 0 Å². The molecule has 7 nitrogen and oxygen atoms in total. The van der Waals surface area contributed by atoms with Crippen LogP contribution >= 0.6 is 11.5 Å². The van der Waals surface area contributed by atoms with Crippen molar-refractivity contribution in [2.24, 2.45) is 0 Å². The maximum Gasteiger partial charge on any atom is 0.224 e. The molecule has 0 spiro atoms. The monoisotopic (exact) mass is 527 g/mol. The van der Waals surface area contributed by atoms with E-state index in [-0.39, 0.29) is 5.91 Å². The number of benzene rings is 3. The summed E-state index contributed by atoms with van der Waals surface area (Å²) in [5.41, 5.74) is 3.54. The first kappa shape index (κ1) is 25.7. The lowest BCUT2D eigenvalue weighted by Crippen LogP contribution is -2.49. The van der Waals surface area contributed by atoms with Gasteiger partial charge in [0.15, 0.2) is 0 Å². The number of methoxy groups -OCH3 is 1. The number of anilines is 2. The summed E-state index contributed by atoms with van der Waals surface area (Å²) in [5.74, 6) is 1.85. The maximum absolute atomic E-state index is 13.2. The molecule has 0 saturated carbocycles. The first-order valence-corrected chi connectivity index (χ1v) is 13.8. The second-order valence-corrected chi connectivity index (χ2v) is 10.1. The van der Waals surface area contributed by atoms with Crippen molar-refractivity contribution >= 4 is 28.3 Å². The van der Waals surface area contributed by atoms with E-state index in [4.69, 9.17) is 9.72 Å². The van der Waals surface area contributed by atoms with Crippen molar-refractivity contribution in [1.82, 2.24) is 14.3 Å². The minimum atomic E-state index is 0.187. The van der Waals surface area contributed by atoms with Gasteiger partial charge in [-0.2, -0.15) is 4.37 Å². The normalized spacial score (nSPS) is 13.4. The second-order valence-electron chi connectivity index (χ2n) is 9.38. The van der Waals surface area contributed by atoms with Gasteiger partial charge in [-0.25, -0.2) is 4.98 Å². The molecule has 1 aromatic heterocycles. The highest BCUT2D eigenvalue weighted by Crippen LogP contribution is 2.23. The molecule has 4 aromatic rings. The Labute approximate surface area is 228 Å². The number of aromatic nitrogens is 2. The number of piperazine rings is 1. The lowest BCUT2D eigenvalue weighted by Gasteiger charge is -2.36. The Balaban J connectivity index is 1.19. The van der Waals surface area contributed by atoms with Crippen molar-refractivity contribution in [1.29, 1.82) is 0 Å². The number of nitrogens with zero attached hydrogens (tertiary/aromatic N) is 5. The molecule has 5 rings (SSSR count). The molecular weight excluding hydrogens is 494 g/mol. The summed E-state index contributed by atoms with van der Waals surface area (Å²) >= 11 is 1.41. The quantitative estimate of drug-likeness (QED) is 0.293. The first-order valence-electron chi connectivity index (χ1n) is 13.0. The van der Waals surface area contributed by atoms with Gasteiger partial charge in [0.25, 0.3) is 0 Å². The molecule has 0 unspecified atom stereocenters. The molecule has 1 aliphatic rings. The number of hydrogen-bond donors (Lipinski definition) is 0. The lowest BCUT2D eigenvalue weighted by atomic mass is 10.1. The molecule has 0 atom stereocenters. The van der Waals surface area contributed by atoms with Crippen LogP contribution in [0.5, 0.6) is 5.75 Å². The van der Waals surface area contributed by atoms with E-state index in [1.54, 1.807) is 7.11 Å². The molecule has 1 fully saturated rings.